The minimum atomic E-state index is 0.0887. The zero-order valence-electron chi connectivity index (χ0n) is 10.3. The number of benzene rings is 2. The van der Waals surface area contributed by atoms with Crippen molar-refractivity contribution in [1.82, 2.24) is 0 Å². The maximum Gasteiger partial charge on any atom is 0.162 e. The number of hydrogen-bond acceptors (Lipinski definition) is 2. The van der Waals surface area contributed by atoms with Crippen molar-refractivity contribution in [3.05, 3.63) is 57.5 Å². The number of rotatable bonds is 4. The Hall–Kier alpha value is -1.32. The van der Waals surface area contributed by atoms with Gasteiger partial charge in [0.15, 0.2) is 5.78 Å². The van der Waals surface area contributed by atoms with E-state index in [1.165, 1.54) is 0 Å². The van der Waals surface area contributed by atoms with Crippen molar-refractivity contribution in [3.63, 3.8) is 0 Å². The maximum absolute atomic E-state index is 11.7. The Morgan fingerprint density at radius 2 is 2.05 bits per heavy atom. The molecule has 0 aliphatic carbocycles. The first kappa shape index (κ1) is 14.1. The minimum Gasteiger partial charge on any atom is -0.456 e. The van der Waals surface area contributed by atoms with Crippen LogP contribution >= 0.6 is 27.5 Å². The summed E-state index contributed by atoms with van der Waals surface area (Å²) in [6.45, 7) is 1.83. The highest BCUT2D eigenvalue weighted by atomic mass is 79.9. The Morgan fingerprint density at radius 3 is 2.79 bits per heavy atom. The second-order valence-electron chi connectivity index (χ2n) is 3.98. The predicted molar refractivity (Wildman–Crippen MR) is 80.3 cm³/mol. The van der Waals surface area contributed by atoms with E-state index in [1.54, 1.807) is 36.4 Å². The highest BCUT2D eigenvalue weighted by Crippen LogP contribution is 2.32. The lowest BCUT2D eigenvalue weighted by Crippen LogP contribution is -1.96. The number of carbonyl (C=O) groups excluding carboxylic acids is 1. The van der Waals surface area contributed by atoms with Gasteiger partial charge in [-0.15, -0.1) is 0 Å². The third kappa shape index (κ3) is 3.58. The molecule has 0 saturated heterocycles. The topological polar surface area (TPSA) is 26.3 Å². The summed E-state index contributed by atoms with van der Waals surface area (Å²) < 4.78 is 6.59. The summed E-state index contributed by atoms with van der Waals surface area (Å²) in [5, 5.41) is 0.524. The summed E-state index contributed by atoms with van der Waals surface area (Å²) >= 11 is 9.43. The van der Waals surface area contributed by atoms with Crippen LogP contribution in [-0.4, -0.2) is 5.78 Å². The van der Waals surface area contributed by atoms with Crippen molar-refractivity contribution in [3.8, 4) is 11.5 Å². The fourth-order valence-corrected chi connectivity index (χ4v) is 2.12. The van der Waals surface area contributed by atoms with Crippen molar-refractivity contribution in [1.29, 1.82) is 0 Å². The SMILES string of the molecule is CCC(=O)c1cccc(Oc2cc(Br)ccc2Cl)c1. The molecular formula is C15H12BrClO2. The Bertz CT molecular complexity index is 611. The normalized spacial score (nSPS) is 10.3. The number of ether oxygens (including phenoxy) is 1. The summed E-state index contributed by atoms with van der Waals surface area (Å²) in [4.78, 5) is 11.7. The van der Waals surface area contributed by atoms with Gasteiger partial charge in [-0.05, 0) is 30.3 Å². The molecule has 0 aliphatic rings. The standard InChI is InChI=1S/C15H12BrClO2/c1-2-14(18)10-4-3-5-12(8-10)19-15-9-11(16)6-7-13(15)17/h3-9H,2H2,1H3. The molecule has 2 aromatic carbocycles. The van der Waals surface area contributed by atoms with Gasteiger partial charge in [-0.1, -0.05) is 46.6 Å². The van der Waals surface area contributed by atoms with Gasteiger partial charge in [0, 0.05) is 16.5 Å². The third-order valence-electron chi connectivity index (χ3n) is 2.60. The average Bonchev–Trinajstić information content (AvgIpc) is 2.42. The lowest BCUT2D eigenvalue weighted by Gasteiger charge is -2.09. The average molecular weight is 340 g/mol. The molecule has 0 aromatic heterocycles. The molecule has 0 saturated carbocycles. The maximum atomic E-state index is 11.7. The Labute approximate surface area is 125 Å². The molecule has 2 rings (SSSR count). The van der Waals surface area contributed by atoms with E-state index in [-0.39, 0.29) is 5.78 Å². The highest BCUT2D eigenvalue weighted by molar-refractivity contribution is 9.10. The van der Waals surface area contributed by atoms with E-state index in [0.717, 1.165) is 4.47 Å². The number of halogens is 2. The van der Waals surface area contributed by atoms with Gasteiger partial charge in [-0.25, -0.2) is 0 Å². The monoisotopic (exact) mass is 338 g/mol. The van der Waals surface area contributed by atoms with Crippen LogP contribution in [0.25, 0.3) is 0 Å². The minimum absolute atomic E-state index is 0.0887. The second-order valence-corrected chi connectivity index (χ2v) is 5.30. The van der Waals surface area contributed by atoms with Crippen LogP contribution in [0.3, 0.4) is 0 Å². The molecule has 4 heteroatoms. The van der Waals surface area contributed by atoms with Crippen molar-refractivity contribution < 1.29 is 9.53 Å². The number of ketones is 1. The van der Waals surface area contributed by atoms with Crippen LogP contribution in [0, 0.1) is 0 Å². The van der Waals surface area contributed by atoms with E-state index in [2.05, 4.69) is 15.9 Å². The summed E-state index contributed by atoms with van der Waals surface area (Å²) in [5.41, 5.74) is 0.645. The van der Waals surface area contributed by atoms with Gasteiger partial charge < -0.3 is 4.74 Å². The van der Waals surface area contributed by atoms with Crippen LogP contribution in [-0.2, 0) is 0 Å². The molecule has 0 spiro atoms. The zero-order chi connectivity index (χ0) is 13.8. The van der Waals surface area contributed by atoms with Gasteiger partial charge in [0.2, 0.25) is 0 Å². The molecule has 0 N–H and O–H groups in total. The largest absolute Gasteiger partial charge is 0.456 e. The van der Waals surface area contributed by atoms with E-state index < -0.39 is 0 Å². The lowest BCUT2D eigenvalue weighted by atomic mass is 10.1. The summed E-state index contributed by atoms with van der Waals surface area (Å²) in [5.74, 6) is 1.24. The predicted octanol–water partition coefficient (Wildman–Crippen LogP) is 5.49. The third-order valence-corrected chi connectivity index (χ3v) is 3.40. The first-order valence-corrected chi connectivity index (χ1v) is 7.03. The van der Waals surface area contributed by atoms with E-state index in [4.69, 9.17) is 16.3 Å². The molecule has 0 aliphatic heterocycles. The molecule has 19 heavy (non-hydrogen) atoms. The van der Waals surface area contributed by atoms with Crippen LogP contribution in [0.4, 0.5) is 0 Å². The van der Waals surface area contributed by atoms with E-state index in [9.17, 15) is 4.79 Å². The first-order chi connectivity index (χ1) is 9.10. The van der Waals surface area contributed by atoms with Gasteiger partial charge in [-0.2, -0.15) is 0 Å². The lowest BCUT2D eigenvalue weighted by molar-refractivity contribution is 0.0988. The van der Waals surface area contributed by atoms with Gasteiger partial charge in [-0.3, -0.25) is 4.79 Å². The molecule has 0 amide bonds. The summed E-state index contributed by atoms with van der Waals surface area (Å²) in [6, 6.07) is 12.5. The number of carbonyl (C=O) groups is 1. The fourth-order valence-electron chi connectivity index (χ4n) is 1.62. The summed E-state index contributed by atoms with van der Waals surface area (Å²) in [7, 11) is 0. The van der Waals surface area contributed by atoms with E-state index >= 15 is 0 Å². The Morgan fingerprint density at radius 1 is 1.26 bits per heavy atom. The first-order valence-electron chi connectivity index (χ1n) is 5.86. The molecule has 0 atom stereocenters. The molecule has 0 bridgehead atoms. The van der Waals surface area contributed by atoms with Gasteiger partial charge in [0.05, 0.1) is 5.02 Å². The molecular weight excluding hydrogens is 328 g/mol. The van der Waals surface area contributed by atoms with Crippen molar-refractivity contribution >= 4 is 33.3 Å². The van der Waals surface area contributed by atoms with Crippen LogP contribution in [0.15, 0.2) is 46.9 Å². The Kier molecular flexibility index (Phi) is 4.61. The molecule has 0 unspecified atom stereocenters. The summed E-state index contributed by atoms with van der Waals surface area (Å²) in [6.07, 6.45) is 0.473. The fraction of sp³-hybridized carbons (Fsp3) is 0.133. The molecule has 2 nitrogen and oxygen atoms in total. The van der Waals surface area contributed by atoms with Crippen molar-refractivity contribution in [2.24, 2.45) is 0 Å². The molecule has 0 radical (unpaired) electrons. The zero-order valence-corrected chi connectivity index (χ0v) is 12.7. The van der Waals surface area contributed by atoms with Crippen LogP contribution < -0.4 is 4.74 Å². The molecule has 0 heterocycles. The van der Waals surface area contributed by atoms with E-state index in [1.807, 2.05) is 13.0 Å². The number of hydrogen-bond donors (Lipinski definition) is 0. The Balaban J connectivity index is 2.28. The highest BCUT2D eigenvalue weighted by Gasteiger charge is 2.07. The van der Waals surface area contributed by atoms with Crippen molar-refractivity contribution in [2.45, 2.75) is 13.3 Å². The van der Waals surface area contributed by atoms with Crippen LogP contribution in [0.2, 0.25) is 5.02 Å². The van der Waals surface area contributed by atoms with Crippen LogP contribution in [0.1, 0.15) is 23.7 Å². The van der Waals surface area contributed by atoms with E-state index in [0.29, 0.717) is 28.5 Å². The molecule has 2 aromatic rings. The quantitative estimate of drug-likeness (QED) is 0.689. The van der Waals surface area contributed by atoms with Gasteiger partial charge >= 0.3 is 0 Å². The second kappa shape index (κ2) is 6.22. The smallest absolute Gasteiger partial charge is 0.162 e. The molecule has 98 valence electrons. The van der Waals surface area contributed by atoms with Crippen molar-refractivity contribution in [2.75, 3.05) is 0 Å². The molecule has 0 fully saturated rings. The van der Waals surface area contributed by atoms with Gasteiger partial charge in [0.1, 0.15) is 11.5 Å². The van der Waals surface area contributed by atoms with Gasteiger partial charge in [0.25, 0.3) is 0 Å². The number of Topliss-reactive ketones (excluding diaryl/α,β-unsaturated/α-hetero) is 1. The van der Waals surface area contributed by atoms with Crippen LogP contribution in [0.5, 0.6) is 11.5 Å².